The van der Waals surface area contributed by atoms with E-state index in [0.29, 0.717) is 6.04 Å². The average Bonchev–Trinajstić information content (AvgIpc) is 2.18. The van der Waals surface area contributed by atoms with E-state index in [4.69, 9.17) is 0 Å². The second-order valence-electron chi connectivity index (χ2n) is 3.76. The van der Waals surface area contributed by atoms with Crippen LogP contribution >= 0.6 is 0 Å². The minimum atomic E-state index is 0.590. The molecule has 0 spiro atoms. The molecule has 1 aromatic carbocycles. The highest BCUT2D eigenvalue weighted by atomic mass is 14.9. The Hall–Kier alpha value is -1.02. The van der Waals surface area contributed by atoms with Gasteiger partial charge in [0, 0.05) is 18.3 Å². The van der Waals surface area contributed by atoms with Gasteiger partial charge in [0.05, 0.1) is 0 Å². The summed E-state index contributed by atoms with van der Waals surface area (Å²) in [5, 5.41) is 6.77. The Morgan fingerprint density at radius 3 is 2.43 bits per heavy atom. The predicted octanol–water partition coefficient (Wildman–Crippen LogP) is 2.49. The van der Waals surface area contributed by atoms with Crippen molar-refractivity contribution in [2.45, 2.75) is 26.3 Å². The van der Waals surface area contributed by atoms with Crippen LogP contribution in [0.4, 0.5) is 5.69 Å². The van der Waals surface area contributed by atoms with Crippen LogP contribution in [0.5, 0.6) is 0 Å². The summed E-state index contributed by atoms with van der Waals surface area (Å²) < 4.78 is 0. The Balaban J connectivity index is 2.05. The molecule has 0 aliphatic carbocycles. The van der Waals surface area contributed by atoms with Crippen molar-refractivity contribution in [3.05, 3.63) is 30.3 Å². The third-order valence-electron chi connectivity index (χ3n) is 2.01. The number of anilines is 1. The summed E-state index contributed by atoms with van der Waals surface area (Å²) in [5.41, 5.74) is 1.21. The third-order valence-corrected chi connectivity index (χ3v) is 2.01. The van der Waals surface area contributed by atoms with Crippen LogP contribution in [-0.4, -0.2) is 19.1 Å². The molecule has 0 heterocycles. The van der Waals surface area contributed by atoms with E-state index < -0.39 is 0 Å². The molecule has 0 radical (unpaired) electrons. The first-order valence-electron chi connectivity index (χ1n) is 5.31. The van der Waals surface area contributed by atoms with Crippen LogP contribution in [0.1, 0.15) is 20.3 Å². The van der Waals surface area contributed by atoms with Crippen LogP contribution in [0.2, 0.25) is 0 Å². The second kappa shape index (κ2) is 6.44. The molecule has 2 heteroatoms. The molecule has 1 rings (SSSR count). The molecule has 0 fully saturated rings. The molecule has 0 aromatic heterocycles. The van der Waals surface area contributed by atoms with Gasteiger partial charge in [0.2, 0.25) is 0 Å². The van der Waals surface area contributed by atoms with Crippen molar-refractivity contribution in [1.29, 1.82) is 0 Å². The average molecular weight is 192 g/mol. The molecule has 0 atom stereocenters. The molecule has 14 heavy (non-hydrogen) atoms. The maximum atomic E-state index is 3.39. The minimum absolute atomic E-state index is 0.590. The van der Waals surface area contributed by atoms with Gasteiger partial charge in [0.15, 0.2) is 0 Å². The van der Waals surface area contributed by atoms with Crippen LogP contribution in [0.25, 0.3) is 0 Å². The number of rotatable bonds is 6. The zero-order valence-electron chi connectivity index (χ0n) is 9.09. The maximum Gasteiger partial charge on any atom is 0.0340 e. The van der Waals surface area contributed by atoms with Gasteiger partial charge in [-0.2, -0.15) is 0 Å². The van der Waals surface area contributed by atoms with E-state index in [9.17, 15) is 0 Å². The SMILES string of the molecule is CC(C)NCCCNc1ccccc1. The van der Waals surface area contributed by atoms with Crippen LogP contribution in [0.15, 0.2) is 30.3 Å². The molecule has 78 valence electrons. The standard InChI is InChI=1S/C12H20N2/c1-11(2)13-9-6-10-14-12-7-4-3-5-8-12/h3-5,7-8,11,13-14H,6,9-10H2,1-2H3. The minimum Gasteiger partial charge on any atom is -0.385 e. The summed E-state index contributed by atoms with van der Waals surface area (Å²) in [4.78, 5) is 0. The van der Waals surface area contributed by atoms with Crippen LogP contribution < -0.4 is 10.6 Å². The molecule has 0 amide bonds. The molecule has 1 aromatic rings. The molecule has 0 aliphatic heterocycles. The van der Waals surface area contributed by atoms with Crippen molar-refractivity contribution < 1.29 is 0 Å². The fourth-order valence-electron chi connectivity index (χ4n) is 1.27. The number of hydrogen-bond donors (Lipinski definition) is 2. The van der Waals surface area contributed by atoms with Gasteiger partial charge in [0.25, 0.3) is 0 Å². The van der Waals surface area contributed by atoms with Crippen molar-refractivity contribution in [1.82, 2.24) is 5.32 Å². The Bertz CT molecular complexity index is 231. The van der Waals surface area contributed by atoms with Gasteiger partial charge in [-0.25, -0.2) is 0 Å². The maximum absolute atomic E-state index is 3.39. The van der Waals surface area contributed by atoms with Gasteiger partial charge in [0.1, 0.15) is 0 Å². The molecule has 0 aliphatic rings. The van der Waals surface area contributed by atoms with Gasteiger partial charge in [-0.05, 0) is 25.1 Å². The molecule has 0 bridgehead atoms. The fraction of sp³-hybridized carbons (Fsp3) is 0.500. The Labute approximate surface area is 86.7 Å². The zero-order chi connectivity index (χ0) is 10.2. The first kappa shape index (κ1) is 11.1. The van der Waals surface area contributed by atoms with Gasteiger partial charge in [-0.3, -0.25) is 0 Å². The Morgan fingerprint density at radius 1 is 1.07 bits per heavy atom. The molecule has 2 nitrogen and oxygen atoms in total. The smallest absolute Gasteiger partial charge is 0.0340 e. The largest absolute Gasteiger partial charge is 0.385 e. The van der Waals surface area contributed by atoms with Gasteiger partial charge < -0.3 is 10.6 Å². The lowest BCUT2D eigenvalue weighted by Gasteiger charge is -2.09. The van der Waals surface area contributed by atoms with Gasteiger partial charge >= 0.3 is 0 Å². The topological polar surface area (TPSA) is 24.1 Å². The van der Waals surface area contributed by atoms with Crippen LogP contribution in [-0.2, 0) is 0 Å². The summed E-state index contributed by atoms with van der Waals surface area (Å²) in [6.45, 7) is 6.45. The number of benzene rings is 1. The van der Waals surface area contributed by atoms with E-state index in [-0.39, 0.29) is 0 Å². The summed E-state index contributed by atoms with van der Waals surface area (Å²) in [6.07, 6.45) is 1.16. The lowest BCUT2D eigenvalue weighted by molar-refractivity contribution is 0.578. The molecule has 2 N–H and O–H groups in total. The van der Waals surface area contributed by atoms with E-state index in [2.05, 4.69) is 48.7 Å². The number of hydrogen-bond acceptors (Lipinski definition) is 2. The van der Waals surface area contributed by atoms with E-state index in [0.717, 1.165) is 19.5 Å². The summed E-state index contributed by atoms with van der Waals surface area (Å²) in [6, 6.07) is 10.9. The van der Waals surface area contributed by atoms with E-state index in [1.54, 1.807) is 0 Å². The monoisotopic (exact) mass is 192 g/mol. The lowest BCUT2D eigenvalue weighted by Crippen LogP contribution is -2.25. The van der Waals surface area contributed by atoms with Gasteiger partial charge in [-0.1, -0.05) is 32.0 Å². The highest BCUT2D eigenvalue weighted by Gasteiger charge is 1.92. The van der Waals surface area contributed by atoms with Crippen LogP contribution in [0.3, 0.4) is 0 Å². The Morgan fingerprint density at radius 2 is 1.79 bits per heavy atom. The summed E-state index contributed by atoms with van der Waals surface area (Å²) >= 11 is 0. The molecular formula is C12H20N2. The zero-order valence-corrected chi connectivity index (χ0v) is 9.09. The normalized spacial score (nSPS) is 10.5. The number of nitrogens with one attached hydrogen (secondary N) is 2. The van der Waals surface area contributed by atoms with Crippen molar-refractivity contribution >= 4 is 5.69 Å². The highest BCUT2D eigenvalue weighted by molar-refractivity contribution is 5.42. The Kier molecular flexibility index (Phi) is 5.08. The molecule has 0 saturated heterocycles. The third kappa shape index (κ3) is 4.87. The molecule has 0 unspecified atom stereocenters. The van der Waals surface area contributed by atoms with Crippen molar-refractivity contribution in [2.24, 2.45) is 0 Å². The van der Waals surface area contributed by atoms with E-state index in [1.165, 1.54) is 5.69 Å². The fourth-order valence-corrected chi connectivity index (χ4v) is 1.27. The summed E-state index contributed by atoms with van der Waals surface area (Å²) in [7, 11) is 0. The van der Waals surface area contributed by atoms with Crippen molar-refractivity contribution in [3.8, 4) is 0 Å². The molecule has 0 saturated carbocycles. The van der Waals surface area contributed by atoms with Crippen molar-refractivity contribution in [2.75, 3.05) is 18.4 Å². The first-order valence-corrected chi connectivity index (χ1v) is 5.31. The summed E-state index contributed by atoms with van der Waals surface area (Å²) in [5.74, 6) is 0. The van der Waals surface area contributed by atoms with Crippen molar-refractivity contribution in [3.63, 3.8) is 0 Å². The highest BCUT2D eigenvalue weighted by Crippen LogP contribution is 2.03. The predicted molar refractivity (Wildman–Crippen MR) is 62.7 cm³/mol. The number of para-hydroxylation sites is 1. The van der Waals surface area contributed by atoms with Gasteiger partial charge in [-0.15, -0.1) is 0 Å². The second-order valence-corrected chi connectivity index (χ2v) is 3.76. The van der Waals surface area contributed by atoms with E-state index in [1.807, 2.05) is 6.07 Å². The first-order chi connectivity index (χ1) is 6.79. The lowest BCUT2D eigenvalue weighted by atomic mass is 10.3. The quantitative estimate of drug-likeness (QED) is 0.677. The molecular weight excluding hydrogens is 172 g/mol. The van der Waals surface area contributed by atoms with Crippen LogP contribution in [0, 0.1) is 0 Å². The van der Waals surface area contributed by atoms with E-state index >= 15 is 0 Å².